The van der Waals surface area contributed by atoms with Crippen LogP contribution >= 0.6 is 0 Å². The van der Waals surface area contributed by atoms with Crippen LogP contribution in [0.3, 0.4) is 0 Å². The van der Waals surface area contributed by atoms with Gasteiger partial charge in [0.15, 0.2) is 11.5 Å². The smallest absolute Gasteiger partial charge is 0.231 e. The minimum atomic E-state index is 0.287. The molecule has 0 saturated heterocycles. The third kappa shape index (κ3) is 4.47. The molecule has 0 fully saturated rings. The van der Waals surface area contributed by atoms with Gasteiger partial charge in [-0.05, 0) is 36.6 Å². The minimum absolute atomic E-state index is 0.287. The molecule has 4 rings (SSSR count). The summed E-state index contributed by atoms with van der Waals surface area (Å²) in [4.78, 5) is 9.03. The maximum atomic E-state index is 5.42. The summed E-state index contributed by atoms with van der Waals surface area (Å²) >= 11 is 0. The van der Waals surface area contributed by atoms with Crippen molar-refractivity contribution in [2.45, 2.75) is 19.9 Å². The second-order valence-corrected chi connectivity index (χ2v) is 6.42. The van der Waals surface area contributed by atoms with Crippen LogP contribution in [0.25, 0.3) is 0 Å². The second-order valence-electron chi connectivity index (χ2n) is 6.42. The molecule has 6 nitrogen and oxygen atoms in total. The number of nitrogens with zero attached hydrogens (tertiary/aromatic N) is 2. The first-order valence-electron chi connectivity index (χ1n) is 9.02. The maximum Gasteiger partial charge on any atom is 0.231 e. The zero-order valence-electron chi connectivity index (χ0n) is 15.2. The predicted octanol–water partition coefficient (Wildman–Crippen LogP) is 3.78. The average Bonchev–Trinajstić information content (AvgIpc) is 3.15. The molecular weight excluding hydrogens is 340 g/mol. The second kappa shape index (κ2) is 7.95. The monoisotopic (exact) mass is 362 g/mol. The first-order valence-corrected chi connectivity index (χ1v) is 9.02. The van der Waals surface area contributed by atoms with E-state index in [-0.39, 0.29) is 6.79 Å². The van der Waals surface area contributed by atoms with E-state index in [1.54, 1.807) is 0 Å². The van der Waals surface area contributed by atoms with Crippen LogP contribution in [0.1, 0.15) is 16.8 Å². The third-order valence-electron chi connectivity index (χ3n) is 4.30. The SMILES string of the molecule is Cc1cc(NCc2ccc3c(c2)OCO3)nc(NCCc2ccccc2)n1. The predicted molar refractivity (Wildman–Crippen MR) is 105 cm³/mol. The quantitative estimate of drug-likeness (QED) is 0.667. The molecule has 0 saturated carbocycles. The molecule has 2 N–H and O–H groups in total. The Hall–Kier alpha value is -3.28. The van der Waals surface area contributed by atoms with Gasteiger partial charge in [0.2, 0.25) is 12.7 Å². The van der Waals surface area contributed by atoms with E-state index in [1.165, 1.54) is 5.56 Å². The van der Waals surface area contributed by atoms with Crippen molar-refractivity contribution in [1.29, 1.82) is 0 Å². The minimum Gasteiger partial charge on any atom is -0.454 e. The highest BCUT2D eigenvalue weighted by atomic mass is 16.7. The summed E-state index contributed by atoms with van der Waals surface area (Å²) in [5.41, 5.74) is 3.31. The number of benzene rings is 2. The van der Waals surface area contributed by atoms with Crippen molar-refractivity contribution < 1.29 is 9.47 Å². The van der Waals surface area contributed by atoms with Gasteiger partial charge in [-0.15, -0.1) is 0 Å². The third-order valence-corrected chi connectivity index (χ3v) is 4.30. The number of hydrogen-bond acceptors (Lipinski definition) is 6. The molecule has 27 heavy (non-hydrogen) atoms. The van der Waals surface area contributed by atoms with Gasteiger partial charge in [-0.3, -0.25) is 0 Å². The summed E-state index contributed by atoms with van der Waals surface area (Å²) in [7, 11) is 0. The van der Waals surface area contributed by atoms with Crippen LogP contribution in [0.15, 0.2) is 54.6 Å². The molecule has 138 valence electrons. The van der Waals surface area contributed by atoms with E-state index in [0.717, 1.165) is 41.5 Å². The van der Waals surface area contributed by atoms with Gasteiger partial charge in [-0.1, -0.05) is 36.4 Å². The molecule has 2 heterocycles. The van der Waals surface area contributed by atoms with Crippen molar-refractivity contribution in [1.82, 2.24) is 9.97 Å². The molecule has 1 aliphatic heterocycles. The van der Waals surface area contributed by atoms with Crippen LogP contribution in [-0.2, 0) is 13.0 Å². The maximum absolute atomic E-state index is 5.42. The summed E-state index contributed by atoms with van der Waals surface area (Å²) in [6, 6.07) is 18.3. The van der Waals surface area contributed by atoms with Gasteiger partial charge in [-0.25, -0.2) is 4.98 Å². The van der Waals surface area contributed by atoms with Gasteiger partial charge < -0.3 is 20.1 Å². The average molecular weight is 362 g/mol. The molecule has 6 heteroatoms. The van der Waals surface area contributed by atoms with E-state index >= 15 is 0 Å². The number of nitrogens with one attached hydrogen (secondary N) is 2. The molecule has 0 unspecified atom stereocenters. The van der Waals surface area contributed by atoms with E-state index in [0.29, 0.717) is 12.5 Å². The van der Waals surface area contributed by atoms with Gasteiger partial charge in [0.25, 0.3) is 0 Å². The highest BCUT2D eigenvalue weighted by molar-refractivity contribution is 5.47. The molecule has 0 bridgehead atoms. The first-order chi connectivity index (χ1) is 13.3. The highest BCUT2D eigenvalue weighted by Gasteiger charge is 2.13. The fourth-order valence-electron chi connectivity index (χ4n) is 2.95. The highest BCUT2D eigenvalue weighted by Crippen LogP contribution is 2.32. The Labute approximate surface area is 158 Å². The first kappa shape index (κ1) is 17.1. The summed E-state index contributed by atoms with van der Waals surface area (Å²) in [6.07, 6.45) is 0.929. The molecular formula is C21H22N4O2. The Morgan fingerprint density at radius 1 is 0.889 bits per heavy atom. The number of anilines is 2. The fraction of sp³-hybridized carbons (Fsp3) is 0.238. The van der Waals surface area contributed by atoms with E-state index in [2.05, 4.69) is 44.9 Å². The number of rotatable bonds is 7. The molecule has 0 amide bonds. The Morgan fingerprint density at radius 3 is 2.63 bits per heavy atom. The lowest BCUT2D eigenvalue weighted by Crippen LogP contribution is -2.10. The van der Waals surface area contributed by atoms with Crippen LogP contribution in [-0.4, -0.2) is 23.3 Å². The number of aryl methyl sites for hydroxylation is 1. The number of hydrogen-bond donors (Lipinski definition) is 2. The molecule has 0 spiro atoms. The summed E-state index contributed by atoms with van der Waals surface area (Å²) in [6.45, 7) is 3.69. The van der Waals surface area contributed by atoms with Gasteiger partial charge in [0.05, 0.1) is 0 Å². The van der Waals surface area contributed by atoms with Crippen LogP contribution in [0.4, 0.5) is 11.8 Å². The van der Waals surface area contributed by atoms with E-state index in [9.17, 15) is 0 Å². The van der Waals surface area contributed by atoms with Crippen LogP contribution < -0.4 is 20.1 Å². The standard InChI is InChI=1S/C21H22N4O2/c1-15-11-20(23-13-17-7-8-18-19(12-17)27-14-26-18)25-21(24-15)22-10-9-16-5-3-2-4-6-16/h2-8,11-12H,9-10,13-14H2,1H3,(H2,22,23,24,25). The molecule has 0 radical (unpaired) electrons. The van der Waals surface area contributed by atoms with Gasteiger partial charge in [-0.2, -0.15) is 4.98 Å². The van der Waals surface area contributed by atoms with Crippen LogP contribution in [0.5, 0.6) is 11.5 Å². The Balaban J connectivity index is 1.35. The van der Waals surface area contributed by atoms with Gasteiger partial charge in [0.1, 0.15) is 5.82 Å². The van der Waals surface area contributed by atoms with Gasteiger partial charge in [0, 0.05) is 24.8 Å². The summed E-state index contributed by atoms with van der Waals surface area (Å²) in [5, 5.41) is 6.66. The van der Waals surface area contributed by atoms with Crippen LogP contribution in [0.2, 0.25) is 0 Å². The van der Waals surface area contributed by atoms with E-state index in [4.69, 9.17) is 9.47 Å². The van der Waals surface area contributed by atoms with Crippen molar-refractivity contribution >= 4 is 11.8 Å². The molecule has 0 atom stereocenters. The van der Waals surface area contributed by atoms with Gasteiger partial charge >= 0.3 is 0 Å². The number of fused-ring (bicyclic) bond motifs is 1. The molecule has 1 aromatic heterocycles. The van der Waals surface area contributed by atoms with Crippen molar-refractivity contribution in [3.05, 3.63) is 71.4 Å². The molecule has 3 aromatic rings. The Kier molecular flexibility index (Phi) is 5.05. The Morgan fingerprint density at radius 2 is 1.74 bits per heavy atom. The molecule has 0 aliphatic carbocycles. The fourth-order valence-corrected chi connectivity index (χ4v) is 2.95. The van der Waals surface area contributed by atoms with Crippen molar-refractivity contribution in [2.24, 2.45) is 0 Å². The Bertz CT molecular complexity index is 915. The van der Waals surface area contributed by atoms with Crippen LogP contribution in [0, 0.1) is 6.92 Å². The zero-order valence-corrected chi connectivity index (χ0v) is 15.2. The van der Waals surface area contributed by atoms with Crippen molar-refractivity contribution in [2.75, 3.05) is 24.0 Å². The molecule has 1 aliphatic rings. The lowest BCUT2D eigenvalue weighted by Gasteiger charge is -2.10. The lowest BCUT2D eigenvalue weighted by molar-refractivity contribution is 0.174. The van der Waals surface area contributed by atoms with Crippen molar-refractivity contribution in [3.8, 4) is 11.5 Å². The summed E-state index contributed by atoms with van der Waals surface area (Å²) in [5.74, 6) is 3.01. The zero-order chi connectivity index (χ0) is 18.5. The van der Waals surface area contributed by atoms with E-state index in [1.807, 2.05) is 37.3 Å². The molecule has 2 aromatic carbocycles. The normalized spacial score (nSPS) is 12.0. The van der Waals surface area contributed by atoms with Crippen molar-refractivity contribution in [3.63, 3.8) is 0 Å². The lowest BCUT2D eigenvalue weighted by atomic mass is 10.1. The largest absolute Gasteiger partial charge is 0.454 e. The number of ether oxygens (including phenoxy) is 2. The topological polar surface area (TPSA) is 68.3 Å². The summed E-state index contributed by atoms with van der Waals surface area (Å²) < 4.78 is 10.8. The number of aromatic nitrogens is 2. The van der Waals surface area contributed by atoms with E-state index < -0.39 is 0 Å².